The second-order valence-corrected chi connectivity index (χ2v) is 3.72. The minimum atomic E-state index is -0.481. The monoisotopic (exact) mass is 235 g/mol. The Morgan fingerprint density at radius 3 is 2.71 bits per heavy atom. The molecule has 0 bridgehead atoms. The predicted octanol–water partition coefficient (Wildman–Crippen LogP) is 2.36. The number of carbonyl (C=O) groups is 2. The maximum Gasteiger partial charge on any atom is 0.355 e. The minimum Gasteiger partial charge on any atom is -0.464 e. The molecule has 0 atom stereocenters. The molecule has 0 saturated heterocycles. The summed E-state index contributed by atoms with van der Waals surface area (Å²) in [6.45, 7) is 4.40. The molecule has 1 aromatic heterocycles. The fourth-order valence-electron chi connectivity index (χ4n) is 1.68. The topological polar surface area (TPSA) is 48.3 Å². The second kappa shape index (κ2) is 6.03. The van der Waals surface area contributed by atoms with E-state index in [1.807, 2.05) is 19.1 Å². The molecule has 1 rings (SSSR count). The fraction of sp³-hybridized carbons (Fsp3) is 0.385. The molecule has 0 N–H and O–H groups in total. The summed E-state index contributed by atoms with van der Waals surface area (Å²) in [6.07, 6.45) is 7.39. The Hall–Kier alpha value is -1.84. The third-order valence-electron chi connectivity index (χ3n) is 2.52. The number of aldehydes is 1. The Morgan fingerprint density at radius 1 is 1.47 bits per heavy atom. The first-order valence-electron chi connectivity index (χ1n) is 5.53. The van der Waals surface area contributed by atoms with Gasteiger partial charge in [-0.3, -0.25) is 4.79 Å². The van der Waals surface area contributed by atoms with Crippen LogP contribution in [0.25, 0.3) is 0 Å². The summed E-state index contributed by atoms with van der Waals surface area (Å²) >= 11 is 0. The summed E-state index contributed by atoms with van der Waals surface area (Å²) in [7, 11) is 1.31. The summed E-state index contributed by atoms with van der Waals surface area (Å²) in [5.41, 5.74) is 1.51. The van der Waals surface area contributed by atoms with Gasteiger partial charge in [-0.05, 0) is 18.9 Å². The van der Waals surface area contributed by atoms with Crippen molar-refractivity contribution in [1.82, 2.24) is 4.57 Å². The van der Waals surface area contributed by atoms with Crippen molar-refractivity contribution >= 4 is 12.3 Å². The number of allylic oxidation sites excluding steroid dienone is 2. The smallest absolute Gasteiger partial charge is 0.355 e. The predicted molar refractivity (Wildman–Crippen MR) is 65.3 cm³/mol. The van der Waals surface area contributed by atoms with E-state index >= 15 is 0 Å². The number of esters is 1. The molecule has 0 spiro atoms. The van der Waals surface area contributed by atoms with Gasteiger partial charge in [0.2, 0.25) is 0 Å². The molecule has 0 saturated carbocycles. The van der Waals surface area contributed by atoms with Crippen LogP contribution >= 0.6 is 0 Å². The van der Waals surface area contributed by atoms with Gasteiger partial charge in [-0.2, -0.15) is 0 Å². The highest BCUT2D eigenvalue weighted by molar-refractivity contribution is 5.98. The maximum absolute atomic E-state index is 11.6. The molecule has 4 heteroatoms. The molecule has 1 heterocycles. The third kappa shape index (κ3) is 2.84. The van der Waals surface area contributed by atoms with Crippen molar-refractivity contribution in [3.8, 4) is 0 Å². The van der Waals surface area contributed by atoms with Crippen LogP contribution in [0.4, 0.5) is 0 Å². The van der Waals surface area contributed by atoms with Crippen LogP contribution in [0.2, 0.25) is 0 Å². The van der Waals surface area contributed by atoms with Crippen LogP contribution in [0.5, 0.6) is 0 Å². The molecule has 0 fully saturated rings. The zero-order chi connectivity index (χ0) is 12.8. The van der Waals surface area contributed by atoms with Gasteiger partial charge >= 0.3 is 5.97 Å². The second-order valence-electron chi connectivity index (χ2n) is 3.72. The molecule has 92 valence electrons. The summed E-state index contributed by atoms with van der Waals surface area (Å²) in [5.74, 6) is -0.481. The molecule has 17 heavy (non-hydrogen) atoms. The highest BCUT2D eigenvalue weighted by atomic mass is 16.5. The van der Waals surface area contributed by atoms with Crippen molar-refractivity contribution in [2.75, 3.05) is 7.11 Å². The van der Waals surface area contributed by atoms with Gasteiger partial charge in [-0.1, -0.05) is 19.1 Å². The van der Waals surface area contributed by atoms with Crippen molar-refractivity contribution in [2.24, 2.45) is 0 Å². The number of aromatic nitrogens is 1. The number of carbonyl (C=O) groups excluding carboxylic acids is 2. The Labute approximate surface area is 101 Å². The highest BCUT2D eigenvalue weighted by Crippen LogP contribution is 2.16. The van der Waals surface area contributed by atoms with Crippen molar-refractivity contribution < 1.29 is 14.3 Å². The van der Waals surface area contributed by atoms with Gasteiger partial charge in [0.1, 0.15) is 5.69 Å². The molecule has 0 amide bonds. The summed E-state index contributed by atoms with van der Waals surface area (Å²) in [4.78, 5) is 22.6. The molecule has 4 nitrogen and oxygen atoms in total. The molecule has 0 aliphatic rings. The van der Waals surface area contributed by atoms with Crippen molar-refractivity contribution in [3.05, 3.63) is 35.2 Å². The normalized spacial score (nSPS) is 10.8. The Morgan fingerprint density at radius 2 is 2.18 bits per heavy atom. The SMILES string of the molecule is CC/C=C/Cn1cc(C)c(C=O)c1C(=O)OC. The first kappa shape index (κ1) is 13.2. The van der Waals surface area contributed by atoms with Crippen LogP contribution in [0, 0.1) is 6.92 Å². The van der Waals surface area contributed by atoms with Gasteiger partial charge in [0.05, 0.1) is 7.11 Å². The summed E-state index contributed by atoms with van der Waals surface area (Å²) < 4.78 is 6.43. The molecule has 1 aromatic rings. The van der Waals surface area contributed by atoms with Gasteiger partial charge in [0, 0.05) is 18.3 Å². The van der Waals surface area contributed by atoms with E-state index < -0.39 is 5.97 Å². The molecule has 0 unspecified atom stereocenters. The Kier molecular flexibility index (Phi) is 4.69. The minimum absolute atomic E-state index is 0.320. The lowest BCUT2D eigenvalue weighted by Crippen LogP contribution is -2.11. The number of nitrogens with zero attached hydrogens (tertiary/aromatic N) is 1. The largest absolute Gasteiger partial charge is 0.464 e. The number of rotatable bonds is 5. The quantitative estimate of drug-likeness (QED) is 0.447. The number of aryl methyl sites for hydroxylation is 1. The van der Waals surface area contributed by atoms with Crippen LogP contribution in [0.15, 0.2) is 18.3 Å². The van der Waals surface area contributed by atoms with E-state index in [4.69, 9.17) is 4.74 Å². The van der Waals surface area contributed by atoms with E-state index in [1.165, 1.54) is 7.11 Å². The van der Waals surface area contributed by atoms with Crippen LogP contribution in [-0.2, 0) is 11.3 Å². The number of ether oxygens (including phenoxy) is 1. The van der Waals surface area contributed by atoms with Crippen LogP contribution in [0.3, 0.4) is 0 Å². The lowest BCUT2D eigenvalue weighted by Gasteiger charge is -2.05. The van der Waals surface area contributed by atoms with E-state index in [1.54, 1.807) is 17.7 Å². The molecular weight excluding hydrogens is 218 g/mol. The van der Waals surface area contributed by atoms with Crippen molar-refractivity contribution in [3.63, 3.8) is 0 Å². The van der Waals surface area contributed by atoms with E-state index in [2.05, 4.69) is 0 Å². The third-order valence-corrected chi connectivity index (χ3v) is 2.52. The maximum atomic E-state index is 11.6. The molecule has 0 radical (unpaired) electrons. The van der Waals surface area contributed by atoms with Crippen LogP contribution < -0.4 is 0 Å². The Bertz CT molecular complexity index is 444. The Balaban J connectivity index is 3.15. The van der Waals surface area contributed by atoms with Gasteiger partial charge in [-0.15, -0.1) is 0 Å². The van der Waals surface area contributed by atoms with E-state index in [0.717, 1.165) is 12.0 Å². The zero-order valence-corrected chi connectivity index (χ0v) is 10.4. The highest BCUT2D eigenvalue weighted by Gasteiger charge is 2.19. The lowest BCUT2D eigenvalue weighted by molar-refractivity contribution is 0.0586. The number of methoxy groups -OCH3 is 1. The first-order valence-corrected chi connectivity index (χ1v) is 5.53. The molecule has 0 aliphatic carbocycles. The molecular formula is C13H17NO3. The van der Waals surface area contributed by atoms with Gasteiger partial charge in [-0.25, -0.2) is 4.79 Å². The lowest BCUT2D eigenvalue weighted by atomic mass is 10.2. The van der Waals surface area contributed by atoms with E-state index in [0.29, 0.717) is 24.1 Å². The van der Waals surface area contributed by atoms with Gasteiger partial charge < -0.3 is 9.30 Å². The average molecular weight is 235 g/mol. The molecule has 0 aliphatic heterocycles. The number of hydrogen-bond acceptors (Lipinski definition) is 3. The van der Waals surface area contributed by atoms with E-state index in [-0.39, 0.29) is 0 Å². The standard InChI is InChI=1S/C13H17NO3/c1-4-5-6-7-14-8-10(2)11(9-15)12(14)13(16)17-3/h5-6,8-9H,4,7H2,1-3H3/b6-5+. The van der Waals surface area contributed by atoms with Crippen LogP contribution in [0.1, 0.15) is 39.8 Å². The van der Waals surface area contributed by atoms with Gasteiger partial charge in [0.15, 0.2) is 6.29 Å². The average Bonchev–Trinajstić information content (AvgIpc) is 2.64. The number of hydrogen-bond donors (Lipinski definition) is 0. The first-order chi connectivity index (χ1) is 8.15. The fourth-order valence-corrected chi connectivity index (χ4v) is 1.68. The van der Waals surface area contributed by atoms with Crippen LogP contribution in [-0.4, -0.2) is 23.9 Å². The van der Waals surface area contributed by atoms with E-state index in [9.17, 15) is 9.59 Å². The van der Waals surface area contributed by atoms with Crippen molar-refractivity contribution in [1.29, 1.82) is 0 Å². The molecule has 0 aromatic carbocycles. The summed E-state index contributed by atoms with van der Waals surface area (Å²) in [6, 6.07) is 0. The van der Waals surface area contributed by atoms with Crippen molar-refractivity contribution in [2.45, 2.75) is 26.8 Å². The van der Waals surface area contributed by atoms with Gasteiger partial charge in [0.25, 0.3) is 0 Å². The zero-order valence-electron chi connectivity index (χ0n) is 10.4. The summed E-state index contributed by atoms with van der Waals surface area (Å²) in [5, 5.41) is 0.